The smallest absolute Gasteiger partial charge is 0.357 e. The van der Waals surface area contributed by atoms with Crippen LogP contribution in [0.4, 0.5) is 9.52 Å². The van der Waals surface area contributed by atoms with E-state index < -0.39 is 21.9 Å². The summed E-state index contributed by atoms with van der Waals surface area (Å²) in [5.74, 6) is 4.50. The van der Waals surface area contributed by atoms with Crippen LogP contribution in [-0.4, -0.2) is 75.5 Å². The lowest BCUT2D eigenvalue weighted by molar-refractivity contribution is 0.0593. The molecule has 0 spiro atoms. The van der Waals surface area contributed by atoms with E-state index in [1.807, 2.05) is 19.0 Å². The Morgan fingerprint density at radius 3 is 2.74 bits per heavy atom. The largest absolute Gasteiger partial charge is 0.491 e. The summed E-state index contributed by atoms with van der Waals surface area (Å²) in [6.45, 7) is 1.05. The molecule has 0 fully saturated rings. The number of halogens is 1. The molecular formula is C22H28FN3O6S2. The fraction of sp³-hybridized carbons (Fsp3) is 0.455. The molecule has 2 N–H and O–H groups in total. The Labute approximate surface area is 203 Å². The van der Waals surface area contributed by atoms with Gasteiger partial charge in [-0.15, -0.1) is 11.3 Å². The Morgan fingerprint density at radius 1 is 1.32 bits per heavy atom. The number of aryl methyl sites for hydroxylation is 1. The maximum Gasteiger partial charge on any atom is 0.357 e. The number of nitrogens with one attached hydrogen (secondary N) is 1. The second-order valence-electron chi connectivity index (χ2n) is 7.49. The Hall–Kier alpha value is -2.72. The van der Waals surface area contributed by atoms with Gasteiger partial charge in [-0.3, -0.25) is 9.45 Å². The molecule has 9 nitrogen and oxygen atoms in total. The number of benzene rings is 1. The summed E-state index contributed by atoms with van der Waals surface area (Å²) in [4.78, 5) is 18.8. The highest BCUT2D eigenvalue weighted by Gasteiger charge is 2.19. The Kier molecular flexibility index (Phi) is 10.7. The van der Waals surface area contributed by atoms with Gasteiger partial charge in [0, 0.05) is 17.0 Å². The molecule has 2 rings (SSSR count). The van der Waals surface area contributed by atoms with Crippen molar-refractivity contribution in [1.29, 1.82) is 0 Å². The monoisotopic (exact) mass is 513 g/mol. The molecule has 0 saturated heterocycles. The normalized spacial score (nSPS) is 11.1. The van der Waals surface area contributed by atoms with Gasteiger partial charge in [-0.05, 0) is 51.6 Å². The first-order valence-electron chi connectivity index (χ1n) is 10.4. The highest BCUT2D eigenvalue weighted by Crippen LogP contribution is 2.26. The van der Waals surface area contributed by atoms with E-state index >= 15 is 0 Å². The molecule has 1 aromatic heterocycles. The number of methoxy groups -OCH3 is 1. The van der Waals surface area contributed by atoms with Gasteiger partial charge in [-0.25, -0.2) is 14.2 Å². The van der Waals surface area contributed by atoms with Crippen LogP contribution in [0.3, 0.4) is 0 Å². The van der Waals surface area contributed by atoms with Crippen LogP contribution in [0.15, 0.2) is 18.2 Å². The van der Waals surface area contributed by atoms with Gasteiger partial charge in [-0.2, -0.15) is 8.42 Å². The average Bonchev–Trinajstić information content (AvgIpc) is 3.17. The molecule has 0 atom stereocenters. The van der Waals surface area contributed by atoms with Crippen LogP contribution < -0.4 is 10.1 Å². The summed E-state index contributed by atoms with van der Waals surface area (Å²) >= 11 is 1.24. The van der Waals surface area contributed by atoms with Crippen LogP contribution in [0, 0.1) is 17.7 Å². The Balaban J connectivity index is 1.91. The van der Waals surface area contributed by atoms with Crippen molar-refractivity contribution in [2.24, 2.45) is 0 Å². The minimum Gasteiger partial charge on any atom is -0.491 e. The van der Waals surface area contributed by atoms with Crippen molar-refractivity contribution in [2.45, 2.75) is 19.3 Å². The molecule has 0 aliphatic carbocycles. The van der Waals surface area contributed by atoms with Gasteiger partial charge in [0.2, 0.25) is 0 Å². The van der Waals surface area contributed by atoms with Gasteiger partial charge in [-0.1, -0.05) is 11.8 Å². The lowest BCUT2D eigenvalue weighted by atomic mass is 10.2. The SMILES string of the molecule is COC(=O)c1nc(NCCCS(=O)(=O)O)sc1CCCOc1ccc(C#CCN(C)C)cc1F. The molecule has 1 heterocycles. The maximum absolute atomic E-state index is 14.3. The molecule has 0 radical (unpaired) electrons. The van der Waals surface area contributed by atoms with E-state index in [4.69, 9.17) is 14.0 Å². The summed E-state index contributed by atoms with van der Waals surface area (Å²) in [5, 5.41) is 3.37. The third-order valence-electron chi connectivity index (χ3n) is 4.30. The number of carbonyl (C=O) groups is 1. The predicted octanol–water partition coefficient (Wildman–Crippen LogP) is 2.68. The first kappa shape index (κ1) is 27.5. The molecule has 0 amide bonds. The number of ether oxygens (including phenoxy) is 2. The first-order chi connectivity index (χ1) is 16.1. The van der Waals surface area contributed by atoms with Crippen molar-refractivity contribution in [1.82, 2.24) is 9.88 Å². The predicted molar refractivity (Wildman–Crippen MR) is 129 cm³/mol. The van der Waals surface area contributed by atoms with E-state index in [0.29, 0.717) is 35.0 Å². The number of hydrogen-bond donors (Lipinski definition) is 2. The van der Waals surface area contributed by atoms with Crippen LogP contribution in [0.5, 0.6) is 5.75 Å². The van der Waals surface area contributed by atoms with Crippen LogP contribution >= 0.6 is 11.3 Å². The maximum atomic E-state index is 14.3. The second kappa shape index (κ2) is 13.2. The summed E-state index contributed by atoms with van der Waals surface area (Å²) in [7, 11) is 1.03. The second-order valence-corrected chi connectivity index (χ2v) is 10.1. The molecule has 34 heavy (non-hydrogen) atoms. The van der Waals surface area contributed by atoms with Crippen molar-refractivity contribution in [3.63, 3.8) is 0 Å². The number of rotatable bonds is 12. The van der Waals surface area contributed by atoms with Gasteiger partial charge in [0.05, 0.1) is 26.0 Å². The zero-order chi connectivity index (χ0) is 25.1. The number of esters is 1. The summed E-state index contributed by atoms with van der Waals surface area (Å²) in [6.07, 6.45) is 1.13. The molecule has 0 saturated carbocycles. The highest BCUT2D eigenvalue weighted by atomic mass is 32.2. The number of anilines is 1. The number of thiazole rings is 1. The van der Waals surface area contributed by atoms with Gasteiger partial charge < -0.3 is 14.8 Å². The Bertz CT molecular complexity index is 1140. The molecule has 0 unspecified atom stereocenters. The van der Waals surface area contributed by atoms with E-state index in [2.05, 4.69) is 22.1 Å². The minimum atomic E-state index is -4.03. The molecule has 186 valence electrons. The van der Waals surface area contributed by atoms with E-state index in [1.54, 1.807) is 6.07 Å². The van der Waals surface area contributed by atoms with Crippen LogP contribution in [-0.2, 0) is 21.3 Å². The number of hydrogen-bond acceptors (Lipinski definition) is 9. The van der Waals surface area contributed by atoms with Crippen LogP contribution in [0.25, 0.3) is 0 Å². The van der Waals surface area contributed by atoms with Gasteiger partial charge in [0.25, 0.3) is 10.1 Å². The molecule has 2 aromatic rings. The van der Waals surface area contributed by atoms with E-state index in [-0.39, 0.29) is 36.8 Å². The zero-order valence-corrected chi connectivity index (χ0v) is 20.9. The standard InChI is InChI=1S/C22H28FN3O6S2/c1-26(2)12-4-7-16-9-10-18(17(23)15-16)32-13-5-8-19-20(21(27)31-3)25-22(33-19)24-11-6-14-34(28,29)30/h9-10,15H,5-6,8,11-14H2,1-3H3,(H,24,25)(H,28,29,30). The number of carbonyl (C=O) groups excluding carboxylic acids is 1. The lowest BCUT2D eigenvalue weighted by Crippen LogP contribution is -2.10. The summed E-state index contributed by atoms with van der Waals surface area (Å²) < 4.78 is 55.0. The molecule has 12 heteroatoms. The van der Waals surface area contributed by atoms with E-state index in [1.165, 1.54) is 30.6 Å². The first-order valence-corrected chi connectivity index (χ1v) is 12.8. The fourth-order valence-electron chi connectivity index (χ4n) is 2.71. The fourth-order valence-corrected chi connectivity index (χ4v) is 4.24. The van der Waals surface area contributed by atoms with Crippen molar-refractivity contribution in [3.8, 4) is 17.6 Å². The third-order valence-corrected chi connectivity index (χ3v) is 6.17. The van der Waals surface area contributed by atoms with Crippen molar-refractivity contribution in [3.05, 3.63) is 40.2 Å². The molecule has 0 aliphatic heterocycles. The molecule has 0 aliphatic rings. The number of nitrogens with zero attached hydrogens (tertiary/aromatic N) is 2. The molecule has 0 bridgehead atoms. The molecule has 1 aromatic carbocycles. The zero-order valence-electron chi connectivity index (χ0n) is 19.3. The average molecular weight is 514 g/mol. The van der Waals surface area contributed by atoms with Crippen molar-refractivity contribution >= 4 is 32.6 Å². The van der Waals surface area contributed by atoms with Crippen LogP contribution in [0.1, 0.15) is 33.8 Å². The topological polar surface area (TPSA) is 118 Å². The van der Waals surface area contributed by atoms with Crippen molar-refractivity contribution < 1.29 is 31.6 Å². The van der Waals surface area contributed by atoms with E-state index in [9.17, 15) is 17.6 Å². The third kappa shape index (κ3) is 9.64. The minimum absolute atomic E-state index is 0.122. The number of aromatic nitrogens is 1. The van der Waals surface area contributed by atoms with Gasteiger partial charge in [0.1, 0.15) is 0 Å². The Morgan fingerprint density at radius 2 is 2.09 bits per heavy atom. The van der Waals surface area contributed by atoms with Crippen molar-refractivity contribution in [2.75, 3.05) is 52.0 Å². The summed E-state index contributed by atoms with van der Waals surface area (Å²) in [5.41, 5.74) is 0.729. The summed E-state index contributed by atoms with van der Waals surface area (Å²) in [6, 6.07) is 4.56. The molecular weight excluding hydrogens is 485 g/mol. The lowest BCUT2D eigenvalue weighted by Gasteiger charge is -2.07. The highest BCUT2D eigenvalue weighted by molar-refractivity contribution is 7.85. The van der Waals surface area contributed by atoms with Gasteiger partial charge >= 0.3 is 5.97 Å². The van der Waals surface area contributed by atoms with Gasteiger partial charge in [0.15, 0.2) is 22.4 Å². The van der Waals surface area contributed by atoms with E-state index in [0.717, 1.165) is 0 Å². The van der Waals surface area contributed by atoms with Crippen LogP contribution in [0.2, 0.25) is 0 Å². The quantitative estimate of drug-likeness (QED) is 0.191.